The number of nitrogens with zero attached hydrogens (tertiary/aromatic N) is 3. The van der Waals surface area contributed by atoms with Gasteiger partial charge in [-0.3, -0.25) is 9.59 Å². The minimum absolute atomic E-state index is 0.0547. The van der Waals surface area contributed by atoms with Gasteiger partial charge in [-0.05, 0) is 61.1 Å². The topological polar surface area (TPSA) is 55.2 Å². The molecule has 6 heteroatoms. The lowest BCUT2D eigenvalue weighted by molar-refractivity contribution is -0.132. The average Bonchev–Trinajstić information content (AvgIpc) is 2.80. The molecule has 2 heterocycles. The maximum Gasteiger partial charge on any atom is 0.266 e. The van der Waals surface area contributed by atoms with Gasteiger partial charge in [-0.2, -0.15) is 5.10 Å². The number of rotatable bonds is 6. The lowest BCUT2D eigenvalue weighted by Gasteiger charge is -2.32. The van der Waals surface area contributed by atoms with Gasteiger partial charge < -0.3 is 4.90 Å². The highest BCUT2D eigenvalue weighted by atomic mass is 19.1. The van der Waals surface area contributed by atoms with Crippen molar-refractivity contribution in [1.82, 2.24) is 14.7 Å². The van der Waals surface area contributed by atoms with Gasteiger partial charge in [0.1, 0.15) is 5.82 Å². The molecule has 0 N–H and O–H groups in total. The molecule has 3 aromatic rings. The molecule has 0 atom stereocenters. The summed E-state index contributed by atoms with van der Waals surface area (Å²) in [5, 5.41) is 4.36. The second kappa shape index (κ2) is 9.69. The predicted octanol–water partition coefficient (Wildman–Crippen LogP) is 3.92. The number of piperidine rings is 1. The summed E-state index contributed by atoms with van der Waals surface area (Å²) in [6.07, 6.45) is 3.29. The summed E-state index contributed by atoms with van der Waals surface area (Å²) in [6, 6.07) is 19.5. The van der Waals surface area contributed by atoms with Crippen molar-refractivity contribution in [3.8, 4) is 11.3 Å². The van der Waals surface area contributed by atoms with E-state index in [0.717, 1.165) is 37.9 Å². The Balaban J connectivity index is 1.31. The SMILES string of the molecule is O=C(CCn1nc(-c2ccc(F)cc2)ccc1=O)N1CCC(Cc2ccccc2)CC1. The largest absolute Gasteiger partial charge is 0.343 e. The minimum Gasteiger partial charge on any atom is -0.343 e. The zero-order valence-electron chi connectivity index (χ0n) is 17.4. The number of benzene rings is 2. The lowest BCUT2D eigenvalue weighted by atomic mass is 9.90. The summed E-state index contributed by atoms with van der Waals surface area (Å²) in [7, 11) is 0. The van der Waals surface area contributed by atoms with Gasteiger partial charge >= 0.3 is 0 Å². The van der Waals surface area contributed by atoms with Gasteiger partial charge in [0.25, 0.3) is 5.56 Å². The van der Waals surface area contributed by atoms with E-state index in [9.17, 15) is 14.0 Å². The number of amides is 1. The first kappa shape index (κ1) is 21.0. The van der Waals surface area contributed by atoms with Crippen molar-refractivity contribution in [2.45, 2.75) is 32.2 Å². The van der Waals surface area contributed by atoms with E-state index in [2.05, 4.69) is 29.4 Å². The Morgan fingerprint density at radius 1 is 0.968 bits per heavy atom. The fourth-order valence-electron chi connectivity index (χ4n) is 4.08. The minimum atomic E-state index is -0.324. The van der Waals surface area contributed by atoms with Gasteiger partial charge in [-0.1, -0.05) is 30.3 Å². The van der Waals surface area contributed by atoms with Crippen molar-refractivity contribution >= 4 is 5.91 Å². The molecule has 1 amide bonds. The van der Waals surface area contributed by atoms with Gasteiger partial charge in [-0.15, -0.1) is 0 Å². The molecule has 0 spiro atoms. The molecular formula is C25H26FN3O2. The van der Waals surface area contributed by atoms with Crippen molar-refractivity contribution < 1.29 is 9.18 Å². The summed E-state index contributed by atoms with van der Waals surface area (Å²) in [4.78, 5) is 26.8. The third kappa shape index (κ3) is 5.45. The second-order valence-electron chi connectivity index (χ2n) is 8.05. The van der Waals surface area contributed by atoms with E-state index in [4.69, 9.17) is 0 Å². The molecule has 0 unspecified atom stereocenters. The summed E-state index contributed by atoms with van der Waals surface area (Å²) in [5.41, 5.74) is 2.40. The second-order valence-corrected chi connectivity index (χ2v) is 8.05. The van der Waals surface area contributed by atoms with Crippen LogP contribution >= 0.6 is 0 Å². The molecule has 1 aromatic heterocycles. The Hall–Kier alpha value is -3.28. The van der Waals surface area contributed by atoms with Crippen LogP contribution in [0, 0.1) is 11.7 Å². The summed E-state index contributed by atoms with van der Waals surface area (Å²) in [5.74, 6) is 0.331. The molecule has 1 fully saturated rings. The highest BCUT2D eigenvalue weighted by molar-refractivity contribution is 5.76. The standard InChI is InChI=1S/C25H26FN3O2/c26-22-8-6-21(7-9-22)23-10-11-25(31)29(27-23)17-14-24(30)28-15-12-20(13-16-28)18-19-4-2-1-3-5-19/h1-11,20H,12-18H2. The van der Waals surface area contributed by atoms with Gasteiger partial charge in [-0.25, -0.2) is 9.07 Å². The Kier molecular flexibility index (Phi) is 6.55. The number of aromatic nitrogens is 2. The van der Waals surface area contributed by atoms with Crippen molar-refractivity contribution in [2.75, 3.05) is 13.1 Å². The van der Waals surface area contributed by atoms with Crippen LogP contribution in [0.1, 0.15) is 24.8 Å². The van der Waals surface area contributed by atoms with Crippen LogP contribution in [0.5, 0.6) is 0 Å². The first-order valence-corrected chi connectivity index (χ1v) is 10.7. The van der Waals surface area contributed by atoms with Crippen molar-refractivity contribution in [3.63, 3.8) is 0 Å². The number of aryl methyl sites for hydroxylation is 1. The van der Waals surface area contributed by atoms with Crippen LogP contribution in [0.2, 0.25) is 0 Å². The quantitative estimate of drug-likeness (QED) is 0.609. The van der Waals surface area contributed by atoms with Crippen LogP contribution in [0.4, 0.5) is 4.39 Å². The van der Waals surface area contributed by atoms with E-state index in [1.54, 1.807) is 18.2 Å². The summed E-state index contributed by atoms with van der Waals surface area (Å²) >= 11 is 0. The Morgan fingerprint density at radius 3 is 2.39 bits per heavy atom. The molecule has 5 nitrogen and oxygen atoms in total. The molecule has 0 saturated carbocycles. The number of likely N-dealkylation sites (tertiary alicyclic amines) is 1. The molecular weight excluding hydrogens is 393 g/mol. The smallest absolute Gasteiger partial charge is 0.266 e. The maximum absolute atomic E-state index is 13.1. The summed E-state index contributed by atoms with van der Waals surface area (Å²) in [6.45, 7) is 1.75. The molecule has 1 aliphatic rings. The fourth-order valence-corrected chi connectivity index (χ4v) is 4.08. The molecule has 31 heavy (non-hydrogen) atoms. The van der Waals surface area contributed by atoms with Crippen LogP contribution in [0.25, 0.3) is 11.3 Å². The number of carbonyl (C=O) groups excluding carboxylic acids is 1. The van der Waals surface area contributed by atoms with Crippen molar-refractivity contribution in [2.24, 2.45) is 5.92 Å². The van der Waals surface area contributed by atoms with Crippen LogP contribution < -0.4 is 5.56 Å². The van der Waals surface area contributed by atoms with Crippen LogP contribution in [0.3, 0.4) is 0 Å². The highest BCUT2D eigenvalue weighted by Gasteiger charge is 2.23. The van der Waals surface area contributed by atoms with Crippen LogP contribution in [-0.4, -0.2) is 33.7 Å². The van der Waals surface area contributed by atoms with Crippen LogP contribution in [-0.2, 0) is 17.8 Å². The van der Waals surface area contributed by atoms with Gasteiger partial charge in [0, 0.05) is 31.1 Å². The molecule has 0 radical (unpaired) electrons. The molecule has 1 saturated heterocycles. The third-order valence-corrected chi connectivity index (χ3v) is 5.88. The molecule has 1 aliphatic heterocycles. The maximum atomic E-state index is 13.1. The van der Waals surface area contributed by atoms with Crippen molar-refractivity contribution in [3.05, 3.63) is 88.5 Å². The zero-order valence-corrected chi connectivity index (χ0v) is 17.4. The number of carbonyl (C=O) groups is 1. The molecule has 0 aliphatic carbocycles. The predicted molar refractivity (Wildman–Crippen MR) is 118 cm³/mol. The first-order chi connectivity index (χ1) is 15.1. The van der Waals surface area contributed by atoms with Gasteiger partial charge in [0.2, 0.25) is 5.91 Å². The van der Waals surface area contributed by atoms with E-state index in [1.807, 2.05) is 11.0 Å². The zero-order chi connectivity index (χ0) is 21.6. The molecule has 2 aromatic carbocycles. The van der Waals surface area contributed by atoms with E-state index in [1.165, 1.54) is 28.4 Å². The third-order valence-electron chi connectivity index (χ3n) is 5.88. The van der Waals surface area contributed by atoms with E-state index in [-0.39, 0.29) is 30.2 Å². The molecule has 0 bridgehead atoms. The van der Waals surface area contributed by atoms with Crippen LogP contribution in [0.15, 0.2) is 71.5 Å². The Bertz CT molecular complexity index is 1070. The summed E-state index contributed by atoms with van der Waals surface area (Å²) < 4.78 is 14.5. The van der Waals surface area contributed by atoms with E-state index < -0.39 is 0 Å². The molecule has 160 valence electrons. The van der Waals surface area contributed by atoms with Gasteiger partial charge in [0.05, 0.1) is 12.2 Å². The normalized spacial score (nSPS) is 14.5. The van der Waals surface area contributed by atoms with E-state index in [0.29, 0.717) is 11.6 Å². The first-order valence-electron chi connectivity index (χ1n) is 10.7. The Labute approximate surface area is 181 Å². The highest BCUT2D eigenvalue weighted by Crippen LogP contribution is 2.22. The number of hydrogen-bond donors (Lipinski definition) is 0. The van der Waals surface area contributed by atoms with E-state index >= 15 is 0 Å². The van der Waals surface area contributed by atoms with Crippen molar-refractivity contribution in [1.29, 1.82) is 0 Å². The number of halogens is 1. The lowest BCUT2D eigenvalue weighted by Crippen LogP contribution is -2.39. The molecule has 4 rings (SSSR count). The monoisotopic (exact) mass is 419 g/mol. The fraction of sp³-hybridized carbons (Fsp3) is 0.320. The van der Waals surface area contributed by atoms with Gasteiger partial charge in [0.15, 0.2) is 0 Å². The number of hydrogen-bond acceptors (Lipinski definition) is 3. The average molecular weight is 420 g/mol. The Morgan fingerprint density at radius 2 is 1.68 bits per heavy atom.